The molecule has 29 heavy (non-hydrogen) atoms. The summed E-state index contributed by atoms with van der Waals surface area (Å²) in [5.74, 6) is -1.71. The normalized spacial score (nSPS) is 24.1. The standard InChI is InChI=1S/C22H26F2N2O2S/c23-18-12-19(24)14-22(13-18)29(27,28)21-7-6-20(15-21)26-10-8-25(9-11-26)16-17-4-2-1-3-5-17/h1-5,12-14,20-21H,6-11,15-16H2/t20-,21+/m0/s1. The van der Waals surface area contributed by atoms with Crippen LogP contribution >= 0.6 is 0 Å². The maximum Gasteiger partial charge on any atom is 0.181 e. The maximum absolute atomic E-state index is 13.5. The second-order valence-corrected chi connectivity index (χ2v) is 10.3. The molecule has 7 heteroatoms. The Hall–Kier alpha value is -1.83. The predicted octanol–water partition coefficient (Wildman–Crippen LogP) is 3.48. The quantitative estimate of drug-likeness (QED) is 0.743. The lowest BCUT2D eigenvalue weighted by molar-refractivity contribution is 0.0938. The van der Waals surface area contributed by atoms with Crippen LogP contribution in [0, 0.1) is 11.6 Å². The number of halogens is 2. The van der Waals surface area contributed by atoms with Crippen molar-refractivity contribution in [3.05, 3.63) is 65.7 Å². The highest BCUT2D eigenvalue weighted by molar-refractivity contribution is 7.92. The zero-order valence-electron chi connectivity index (χ0n) is 16.3. The van der Waals surface area contributed by atoms with Gasteiger partial charge in [-0.1, -0.05) is 30.3 Å². The van der Waals surface area contributed by atoms with Crippen LogP contribution in [0.1, 0.15) is 24.8 Å². The molecule has 1 saturated heterocycles. The van der Waals surface area contributed by atoms with E-state index in [0.29, 0.717) is 18.9 Å². The van der Waals surface area contributed by atoms with E-state index in [1.807, 2.05) is 6.07 Å². The van der Waals surface area contributed by atoms with Gasteiger partial charge < -0.3 is 0 Å². The average Bonchev–Trinajstić information content (AvgIpc) is 3.20. The Morgan fingerprint density at radius 2 is 1.55 bits per heavy atom. The first kappa shape index (κ1) is 20.4. The van der Waals surface area contributed by atoms with Crippen molar-refractivity contribution in [2.24, 2.45) is 0 Å². The fraction of sp³-hybridized carbons (Fsp3) is 0.455. The minimum atomic E-state index is -3.72. The summed E-state index contributed by atoms with van der Waals surface area (Å²) in [5, 5.41) is -0.573. The molecular formula is C22H26F2N2O2S. The van der Waals surface area contributed by atoms with Crippen molar-refractivity contribution in [2.75, 3.05) is 26.2 Å². The molecule has 156 valence electrons. The smallest absolute Gasteiger partial charge is 0.181 e. The van der Waals surface area contributed by atoms with Crippen LogP contribution in [0.2, 0.25) is 0 Å². The van der Waals surface area contributed by atoms with Gasteiger partial charge in [-0.2, -0.15) is 0 Å². The summed E-state index contributed by atoms with van der Waals surface area (Å²) < 4.78 is 52.7. The molecule has 4 nitrogen and oxygen atoms in total. The van der Waals surface area contributed by atoms with Crippen LogP contribution in [0.25, 0.3) is 0 Å². The van der Waals surface area contributed by atoms with Gasteiger partial charge in [-0.05, 0) is 37.0 Å². The van der Waals surface area contributed by atoms with Gasteiger partial charge in [-0.15, -0.1) is 0 Å². The van der Waals surface area contributed by atoms with E-state index < -0.39 is 26.7 Å². The molecule has 4 rings (SSSR count). The molecule has 1 aliphatic heterocycles. The SMILES string of the molecule is O=S(=O)(c1cc(F)cc(F)c1)[C@@H]1CC[C@H](N2CCN(Cc3ccccc3)CC2)C1. The van der Waals surface area contributed by atoms with Crippen LogP contribution < -0.4 is 0 Å². The number of sulfone groups is 1. The third kappa shape index (κ3) is 4.68. The highest BCUT2D eigenvalue weighted by Gasteiger charge is 2.38. The Morgan fingerprint density at radius 1 is 0.897 bits per heavy atom. The van der Waals surface area contributed by atoms with E-state index in [2.05, 4.69) is 34.1 Å². The lowest BCUT2D eigenvalue weighted by Gasteiger charge is -2.38. The van der Waals surface area contributed by atoms with Gasteiger partial charge in [0.05, 0.1) is 10.1 Å². The fourth-order valence-electron chi connectivity index (χ4n) is 4.54. The molecular weight excluding hydrogens is 394 g/mol. The lowest BCUT2D eigenvalue weighted by atomic mass is 10.1. The summed E-state index contributed by atoms with van der Waals surface area (Å²) in [6, 6.07) is 13.1. The lowest BCUT2D eigenvalue weighted by Crippen LogP contribution is -2.49. The molecule has 1 saturated carbocycles. The van der Waals surface area contributed by atoms with E-state index in [1.54, 1.807) is 0 Å². The van der Waals surface area contributed by atoms with Gasteiger partial charge in [0.15, 0.2) is 9.84 Å². The molecule has 2 aliphatic rings. The summed E-state index contributed by atoms with van der Waals surface area (Å²) >= 11 is 0. The van der Waals surface area contributed by atoms with Crippen LogP contribution in [0.4, 0.5) is 8.78 Å². The minimum Gasteiger partial charge on any atom is -0.298 e. The highest BCUT2D eigenvalue weighted by atomic mass is 32.2. The number of piperazine rings is 1. The predicted molar refractivity (Wildman–Crippen MR) is 108 cm³/mol. The van der Waals surface area contributed by atoms with Crippen LogP contribution in [-0.4, -0.2) is 55.7 Å². The third-order valence-corrected chi connectivity index (χ3v) is 8.33. The van der Waals surface area contributed by atoms with Crippen molar-refractivity contribution >= 4 is 9.84 Å². The number of hydrogen-bond donors (Lipinski definition) is 0. The Kier molecular flexibility index (Phi) is 5.99. The highest BCUT2D eigenvalue weighted by Crippen LogP contribution is 2.33. The van der Waals surface area contributed by atoms with Crippen molar-refractivity contribution in [3.8, 4) is 0 Å². The third-order valence-electron chi connectivity index (χ3n) is 6.13. The molecule has 0 spiro atoms. The molecule has 0 N–H and O–H groups in total. The second kappa shape index (κ2) is 8.50. The van der Waals surface area contributed by atoms with Crippen LogP contribution in [-0.2, 0) is 16.4 Å². The van der Waals surface area contributed by atoms with E-state index in [1.165, 1.54) is 5.56 Å². The molecule has 1 aliphatic carbocycles. The van der Waals surface area contributed by atoms with E-state index in [-0.39, 0.29) is 10.9 Å². The summed E-state index contributed by atoms with van der Waals surface area (Å²) in [6.45, 7) is 4.68. The molecule has 2 aromatic carbocycles. The molecule has 1 heterocycles. The van der Waals surface area contributed by atoms with E-state index in [4.69, 9.17) is 0 Å². The van der Waals surface area contributed by atoms with Gasteiger partial charge in [-0.3, -0.25) is 9.80 Å². The molecule has 0 radical (unpaired) electrons. The molecule has 2 fully saturated rings. The zero-order valence-corrected chi connectivity index (χ0v) is 17.1. The Bertz CT molecular complexity index is 924. The molecule has 0 bridgehead atoms. The van der Waals surface area contributed by atoms with Gasteiger partial charge >= 0.3 is 0 Å². The van der Waals surface area contributed by atoms with E-state index in [0.717, 1.165) is 51.3 Å². The van der Waals surface area contributed by atoms with Gasteiger partial charge in [0.2, 0.25) is 0 Å². The van der Waals surface area contributed by atoms with Crippen molar-refractivity contribution < 1.29 is 17.2 Å². The summed E-state index contributed by atoms with van der Waals surface area (Å²) in [7, 11) is -3.72. The van der Waals surface area contributed by atoms with Crippen molar-refractivity contribution in [1.82, 2.24) is 9.80 Å². The summed E-state index contributed by atoms with van der Waals surface area (Å²) in [4.78, 5) is 4.56. The maximum atomic E-state index is 13.5. The Balaban J connectivity index is 1.34. The van der Waals surface area contributed by atoms with Gasteiger partial charge in [0, 0.05) is 44.8 Å². The van der Waals surface area contributed by atoms with Crippen molar-refractivity contribution in [2.45, 2.75) is 42.0 Å². The Morgan fingerprint density at radius 3 is 2.21 bits per heavy atom. The first-order chi connectivity index (χ1) is 13.9. The van der Waals surface area contributed by atoms with Gasteiger partial charge in [-0.25, -0.2) is 17.2 Å². The average molecular weight is 421 g/mol. The first-order valence-electron chi connectivity index (χ1n) is 10.1. The molecule has 0 amide bonds. The van der Waals surface area contributed by atoms with Gasteiger partial charge in [0.1, 0.15) is 11.6 Å². The van der Waals surface area contributed by atoms with Gasteiger partial charge in [0.25, 0.3) is 0 Å². The molecule has 0 unspecified atom stereocenters. The van der Waals surface area contributed by atoms with Crippen LogP contribution in [0.3, 0.4) is 0 Å². The number of rotatable bonds is 5. The zero-order chi connectivity index (χ0) is 20.4. The number of nitrogens with zero attached hydrogens (tertiary/aromatic N) is 2. The number of hydrogen-bond acceptors (Lipinski definition) is 4. The van der Waals surface area contributed by atoms with E-state index in [9.17, 15) is 17.2 Å². The summed E-state index contributed by atoms with van der Waals surface area (Å²) in [6.07, 6.45) is 1.87. The minimum absolute atomic E-state index is 0.215. The second-order valence-electron chi connectivity index (χ2n) is 8.04. The van der Waals surface area contributed by atoms with Crippen LogP contribution in [0.5, 0.6) is 0 Å². The van der Waals surface area contributed by atoms with Crippen molar-refractivity contribution in [1.29, 1.82) is 0 Å². The largest absolute Gasteiger partial charge is 0.298 e. The topological polar surface area (TPSA) is 40.6 Å². The Labute approximate surface area is 171 Å². The molecule has 0 aromatic heterocycles. The fourth-order valence-corrected chi connectivity index (χ4v) is 6.40. The van der Waals surface area contributed by atoms with Crippen molar-refractivity contribution in [3.63, 3.8) is 0 Å². The monoisotopic (exact) mass is 420 g/mol. The summed E-state index contributed by atoms with van der Waals surface area (Å²) in [5.41, 5.74) is 1.30. The first-order valence-corrected chi connectivity index (χ1v) is 11.7. The van der Waals surface area contributed by atoms with E-state index >= 15 is 0 Å². The van der Waals surface area contributed by atoms with Crippen LogP contribution in [0.15, 0.2) is 53.4 Å². The number of benzene rings is 2. The molecule has 2 aromatic rings. The molecule has 2 atom stereocenters.